The molecule has 0 atom stereocenters. The number of carboxylic acids is 1. The Morgan fingerprint density at radius 1 is 1.58 bits per heavy atom. The van der Waals surface area contributed by atoms with Crippen molar-refractivity contribution in [1.29, 1.82) is 0 Å². The van der Waals surface area contributed by atoms with Gasteiger partial charge in [0.05, 0.1) is 6.54 Å². The highest BCUT2D eigenvalue weighted by Crippen LogP contribution is 2.11. The van der Waals surface area contributed by atoms with Crippen molar-refractivity contribution in [3.8, 4) is 0 Å². The van der Waals surface area contributed by atoms with Gasteiger partial charge in [0.2, 0.25) is 10.0 Å². The fourth-order valence-corrected chi connectivity index (χ4v) is 2.34. The van der Waals surface area contributed by atoms with E-state index in [0.29, 0.717) is 5.82 Å². The molecule has 2 heterocycles. The summed E-state index contributed by atoms with van der Waals surface area (Å²) in [7, 11) is -2.11. The van der Waals surface area contributed by atoms with Gasteiger partial charge in [-0.25, -0.2) is 17.9 Å². The Morgan fingerprint density at radius 2 is 2.32 bits per heavy atom. The van der Waals surface area contributed by atoms with E-state index in [4.69, 9.17) is 5.11 Å². The molecule has 0 aliphatic rings. The van der Waals surface area contributed by atoms with Crippen LogP contribution in [0, 0.1) is 0 Å². The lowest BCUT2D eigenvalue weighted by Crippen LogP contribution is -2.24. The number of nitrogens with one attached hydrogen (secondary N) is 2. The van der Waals surface area contributed by atoms with Crippen molar-refractivity contribution in [3.05, 3.63) is 30.1 Å². The summed E-state index contributed by atoms with van der Waals surface area (Å²) in [5.74, 6) is -0.785. The van der Waals surface area contributed by atoms with E-state index >= 15 is 0 Å². The van der Waals surface area contributed by atoms with Gasteiger partial charge in [-0.15, -0.1) is 10.2 Å². The van der Waals surface area contributed by atoms with Gasteiger partial charge < -0.3 is 14.7 Å². The minimum atomic E-state index is -3.79. The highest BCUT2D eigenvalue weighted by atomic mass is 32.2. The van der Waals surface area contributed by atoms with E-state index in [2.05, 4.69) is 19.9 Å². The fraction of sp³-hybridized carbons (Fsp3) is 0.222. The first-order valence-electron chi connectivity index (χ1n) is 5.14. The highest BCUT2D eigenvalue weighted by molar-refractivity contribution is 7.89. The predicted octanol–water partition coefficient (Wildman–Crippen LogP) is -0.680. The number of aryl methyl sites for hydroxylation is 1. The van der Waals surface area contributed by atoms with E-state index in [1.165, 1.54) is 6.33 Å². The van der Waals surface area contributed by atoms with Crippen molar-refractivity contribution in [2.75, 3.05) is 0 Å². The number of aromatic amines is 1. The van der Waals surface area contributed by atoms with E-state index in [-0.39, 0.29) is 17.1 Å². The van der Waals surface area contributed by atoms with E-state index in [1.54, 1.807) is 11.6 Å². The number of sulfonamides is 1. The summed E-state index contributed by atoms with van der Waals surface area (Å²) < 4.78 is 27.7. The van der Waals surface area contributed by atoms with Gasteiger partial charge in [0.25, 0.3) is 0 Å². The second-order valence-electron chi connectivity index (χ2n) is 3.74. The summed E-state index contributed by atoms with van der Waals surface area (Å²) >= 11 is 0. The molecular formula is C9H11N5O4S. The third kappa shape index (κ3) is 2.80. The molecule has 0 saturated heterocycles. The minimum Gasteiger partial charge on any atom is -0.477 e. The number of aromatic carboxylic acids is 1. The molecule has 0 aliphatic heterocycles. The Hall–Kier alpha value is -2.20. The fourth-order valence-electron chi connectivity index (χ4n) is 1.36. The Kier molecular flexibility index (Phi) is 3.36. The molecule has 0 amide bonds. The van der Waals surface area contributed by atoms with Gasteiger partial charge in [-0.2, -0.15) is 0 Å². The van der Waals surface area contributed by atoms with Gasteiger partial charge in [-0.1, -0.05) is 0 Å². The summed E-state index contributed by atoms with van der Waals surface area (Å²) in [6.07, 6.45) is 2.56. The molecule has 0 bridgehead atoms. The van der Waals surface area contributed by atoms with Crippen LogP contribution >= 0.6 is 0 Å². The normalized spacial score (nSPS) is 11.6. The zero-order valence-corrected chi connectivity index (χ0v) is 10.7. The number of H-pyrrole nitrogens is 1. The van der Waals surface area contributed by atoms with Crippen LogP contribution in [0.5, 0.6) is 0 Å². The van der Waals surface area contributed by atoms with Gasteiger partial charge >= 0.3 is 5.97 Å². The molecule has 3 N–H and O–H groups in total. The van der Waals surface area contributed by atoms with E-state index in [1.807, 2.05) is 0 Å². The number of carbonyl (C=O) groups is 1. The largest absolute Gasteiger partial charge is 0.477 e. The number of carboxylic acid groups (broad SMARTS) is 1. The predicted molar refractivity (Wildman–Crippen MR) is 62.8 cm³/mol. The molecule has 0 aromatic carbocycles. The summed E-state index contributed by atoms with van der Waals surface area (Å²) in [4.78, 5) is 12.9. The molecule has 0 radical (unpaired) electrons. The zero-order chi connectivity index (χ0) is 14.0. The van der Waals surface area contributed by atoms with E-state index < -0.39 is 16.0 Å². The highest BCUT2D eigenvalue weighted by Gasteiger charge is 2.18. The third-order valence-electron chi connectivity index (χ3n) is 2.42. The SMILES string of the molecule is Cn1cnnc1CNS(=O)(=O)c1c[nH]c(C(=O)O)c1. The summed E-state index contributed by atoms with van der Waals surface area (Å²) in [6.45, 7) is -0.0353. The molecule has 0 aliphatic carbocycles. The molecule has 0 fully saturated rings. The molecule has 0 unspecified atom stereocenters. The van der Waals surface area contributed by atoms with Crippen molar-refractivity contribution in [2.45, 2.75) is 11.4 Å². The molecule has 0 saturated carbocycles. The van der Waals surface area contributed by atoms with Crippen LogP contribution in [-0.2, 0) is 23.6 Å². The third-order valence-corrected chi connectivity index (χ3v) is 3.80. The lowest BCUT2D eigenvalue weighted by atomic mass is 10.4. The van der Waals surface area contributed by atoms with Crippen molar-refractivity contribution in [1.82, 2.24) is 24.5 Å². The van der Waals surface area contributed by atoms with Gasteiger partial charge in [-0.05, 0) is 6.07 Å². The van der Waals surface area contributed by atoms with Crippen LogP contribution in [0.3, 0.4) is 0 Å². The second kappa shape index (κ2) is 4.82. The molecule has 10 heteroatoms. The monoisotopic (exact) mass is 285 g/mol. The molecule has 2 aromatic rings. The zero-order valence-electron chi connectivity index (χ0n) is 9.86. The smallest absolute Gasteiger partial charge is 0.352 e. The van der Waals surface area contributed by atoms with Crippen LogP contribution in [0.1, 0.15) is 16.3 Å². The topological polar surface area (TPSA) is 130 Å². The first-order chi connectivity index (χ1) is 8.90. The number of hydrogen-bond acceptors (Lipinski definition) is 5. The van der Waals surface area contributed by atoms with Crippen LogP contribution in [-0.4, -0.2) is 39.2 Å². The van der Waals surface area contributed by atoms with E-state index in [9.17, 15) is 13.2 Å². The maximum absolute atomic E-state index is 11.9. The lowest BCUT2D eigenvalue weighted by Gasteiger charge is -2.03. The number of hydrogen-bond donors (Lipinski definition) is 3. The first kappa shape index (κ1) is 13.2. The molecule has 102 valence electrons. The van der Waals surface area contributed by atoms with Crippen LogP contribution in [0.25, 0.3) is 0 Å². The average Bonchev–Trinajstić information content (AvgIpc) is 2.95. The van der Waals surface area contributed by atoms with Crippen LogP contribution in [0.2, 0.25) is 0 Å². The standard InChI is InChI=1S/C9H11N5O4S/c1-14-5-11-13-8(14)4-12-19(17,18)6-2-7(9(15)16)10-3-6/h2-3,5,10,12H,4H2,1H3,(H,15,16). The van der Waals surface area contributed by atoms with Gasteiger partial charge in [-0.3, -0.25) is 0 Å². The average molecular weight is 285 g/mol. The summed E-state index contributed by atoms with van der Waals surface area (Å²) in [6, 6.07) is 1.04. The first-order valence-corrected chi connectivity index (χ1v) is 6.63. The molecule has 0 spiro atoms. The van der Waals surface area contributed by atoms with E-state index in [0.717, 1.165) is 12.3 Å². The van der Waals surface area contributed by atoms with Gasteiger partial charge in [0.1, 0.15) is 22.7 Å². The Morgan fingerprint density at radius 3 is 2.84 bits per heavy atom. The molecular weight excluding hydrogens is 274 g/mol. The van der Waals surface area contributed by atoms with Crippen molar-refractivity contribution in [3.63, 3.8) is 0 Å². The molecule has 2 aromatic heterocycles. The van der Waals surface area contributed by atoms with Crippen molar-refractivity contribution >= 4 is 16.0 Å². The summed E-state index contributed by atoms with van der Waals surface area (Å²) in [5, 5.41) is 16.1. The van der Waals surface area contributed by atoms with Crippen molar-refractivity contribution < 1.29 is 18.3 Å². The maximum atomic E-state index is 11.9. The number of nitrogens with zero attached hydrogens (tertiary/aromatic N) is 3. The quantitative estimate of drug-likeness (QED) is 0.667. The number of aromatic nitrogens is 4. The Labute approximate surface area is 108 Å². The lowest BCUT2D eigenvalue weighted by molar-refractivity contribution is 0.0691. The minimum absolute atomic E-state index is 0.0353. The molecule has 19 heavy (non-hydrogen) atoms. The van der Waals surface area contributed by atoms with Crippen molar-refractivity contribution in [2.24, 2.45) is 7.05 Å². The van der Waals surface area contributed by atoms with Gasteiger partial charge in [0.15, 0.2) is 0 Å². The molecule has 2 rings (SSSR count). The number of rotatable bonds is 5. The van der Waals surface area contributed by atoms with Crippen LogP contribution in [0.15, 0.2) is 23.5 Å². The second-order valence-corrected chi connectivity index (χ2v) is 5.50. The van der Waals surface area contributed by atoms with Gasteiger partial charge in [0, 0.05) is 13.2 Å². The van der Waals surface area contributed by atoms with Crippen LogP contribution < -0.4 is 4.72 Å². The summed E-state index contributed by atoms with van der Waals surface area (Å²) in [5.41, 5.74) is -0.195. The molecule has 9 nitrogen and oxygen atoms in total. The Balaban J connectivity index is 2.14. The maximum Gasteiger partial charge on any atom is 0.352 e. The van der Waals surface area contributed by atoms with Crippen LogP contribution in [0.4, 0.5) is 0 Å². The Bertz CT molecular complexity index is 702.